The van der Waals surface area contributed by atoms with E-state index in [0.29, 0.717) is 5.41 Å². The summed E-state index contributed by atoms with van der Waals surface area (Å²) in [5, 5.41) is 0. The van der Waals surface area contributed by atoms with Crippen LogP contribution in [0.4, 0.5) is 0 Å². The lowest BCUT2D eigenvalue weighted by atomic mass is 9.75. The first-order chi connectivity index (χ1) is 5.04. The Hall–Kier alpha value is 0. The van der Waals surface area contributed by atoms with E-state index in [0.717, 1.165) is 10.8 Å². The van der Waals surface area contributed by atoms with Crippen molar-refractivity contribution in [3.63, 3.8) is 0 Å². The smallest absolute Gasteiger partial charge is 0.0179 e. The fourth-order valence-corrected chi connectivity index (χ4v) is 3.27. The van der Waals surface area contributed by atoms with Gasteiger partial charge in [-0.05, 0) is 29.1 Å². The van der Waals surface area contributed by atoms with Crippen molar-refractivity contribution in [3.8, 4) is 0 Å². The molecule has 0 amide bonds. The van der Waals surface area contributed by atoms with Crippen LogP contribution in [0.1, 0.15) is 53.4 Å². The molecule has 0 unspecified atom stereocenters. The van der Waals surface area contributed by atoms with Crippen LogP contribution in [0.5, 0.6) is 0 Å². The predicted molar refractivity (Wildman–Crippen MR) is 48.5 cm³/mol. The fraction of sp³-hybridized carbons (Fsp3) is 1.00. The summed E-state index contributed by atoms with van der Waals surface area (Å²) in [5.74, 6) is 0. The van der Waals surface area contributed by atoms with Crippen LogP contribution in [0.2, 0.25) is 0 Å². The molecule has 0 spiro atoms. The Morgan fingerprint density at radius 3 is 1.64 bits per heavy atom. The lowest BCUT2D eigenvalue weighted by Gasteiger charge is -2.30. The number of fused-ring (bicyclic) bond motifs is 1. The molecule has 0 heteroatoms. The standard InChI is InChI=1S/C11H20/c1-5-9(3,6-2)11-7-10(11,4)8-11/h5-8H2,1-4H3. The Morgan fingerprint density at radius 2 is 1.55 bits per heavy atom. The third kappa shape index (κ3) is 0.625. The van der Waals surface area contributed by atoms with Gasteiger partial charge in [-0.1, -0.05) is 40.5 Å². The maximum atomic E-state index is 2.49. The first kappa shape index (κ1) is 7.64. The van der Waals surface area contributed by atoms with E-state index in [1.54, 1.807) is 0 Å². The molecule has 2 rings (SSSR count). The first-order valence-electron chi connectivity index (χ1n) is 5.04. The minimum Gasteiger partial charge on any atom is -0.0648 e. The summed E-state index contributed by atoms with van der Waals surface area (Å²) in [6.45, 7) is 9.67. The van der Waals surface area contributed by atoms with Crippen LogP contribution in [0, 0.1) is 16.2 Å². The molecule has 0 saturated heterocycles. The number of rotatable bonds is 3. The van der Waals surface area contributed by atoms with E-state index in [1.165, 1.54) is 25.7 Å². The van der Waals surface area contributed by atoms with Gasteiger partial charge in [0.05, 0.1) is 0 Å². The normalized spacial score (nSPS) is 46.9. The highest BCUT2D eigenvalue weighted by molar-refractivity contribution is 5.33. The van der Waals surface area contributed by atoms with Gasteiger partial charge in [-0.15, -0.1) is 0 Å². The van der Waals surface area contributed by atoms with Crippen molar-refractivity contribution in [3.05, 3.63) is 0 Å². The van der Waals surface area contributed by atoms with Crippen molar-refractivity contribution < 1.29 is 0 Å². The first-order valence-corrected chi connectivity index (χ1v) is 5.04. The number of hydrogen-bond acceptors (Lipinski definition) is 0. The maximum absolute atomic E-state index is 2.49. The van der Waals surface area contributed by atoms with Gasteiger partial charge in [0.15, 0.2) is 0 Å². The maximum Gasteiger partial charge on any atom is -0.0179 e. The van der Waals surface area contributed by atoms with Gasteiger partial charge in [-0.25, -0.2) is 0 Å². The average molecular weight is 152 g/mol. The summed E-state index contributed by atoms with van der Waals surface area (Å²) >= 11 is 0. The molecule has 0 aromatic rings. The molecule has 0 heterocycles. The SMILES string of the molecule is CCC(C)(CC)C12CC1(C)C2. The molecule has 2 saturated carbocycles. The summed E-state index contributed by atoms with van der Waals surface area (Å²) < 4.78 is 0. The van der Waals surface area contributed by atoms with Crippen molar-refractivity contribution in [1.82, 2.24) is 0 Å². The topological polar surface area (TPSA) is 0 Å². The largest absolute Gasteiger partial charge is 0.0648 e. The van der Waals surface area contributed by atoms with Crippen LogP contribution in [0.15, 0.2) is 0 Å². The van der Waals surface area contributed by atoms with Crippen LogP contribution in [-0.2, 0) is 0 Å². The highest BCUT2D eigenvalue weighted by Gasteiger charge is 2.84. The molecule has 0 aliphatic heterocycles. The van der Waals surface area contributed by atoms with Crippen LogP contribution in [-0.4, -0.2) is 0 Å². The summed E-state index contributed by atoms with van der Waals surface area (Å²) in [5.41, 5.74) is 2.28. The Labute approximate surface area is 70.4 Å². The molecule has 0 N–H and O–H groups in total. The van der Waals surface area contributed by atoms with Gasteiger partial charge in [-0.2, -0.15) is 0 Å². The van der Waals surface area contributed by atoms with Gasteiger partial charge in [-0.3, -0.25) is 0 Å². The molecular formula is C11H20. The fourth-order valence-electron chi connectivity index (χ4n) is 3.27. The zero-order valence-electron chi connectivity index (χ0n) is 8.33. The summed E-state index contributed by atoms with van der Waals surface area (Å²) in [7, 11) is 0. The molecule has 0 aromatic carbocycles. The Kier molecular flexibility index (Phi) is 1.16. The predicted octanol–water partition coefficient (Wildman–Crippen LogP) is 3.61. The molecule has 0 aromatic heterocycles. The summed E-state index contributed by atoms with van der Waals surface area (Å²) in [6.07, 6.45) is 5.80. The third-order valence-corrected chi connectivity index (χ3v) is 5.01. The molecule has 2 fully saturated rings. The molecule has 0 nitrogen and oxygen atoms in total. The van der Waals surface area contributed by atoms with E-state index in [2.05, 4.69) is 27.7 Å². The quantitative estimate of drug-likeness (QED) is 0.579. The van der Waals surface area contributed by atoms with E-state index in [1.807, 2.05) is 0 Å². The van der Waals surface area contributed by atoms with Gasteiger partial charge in [0.25, 0.3) is 0 Å². The van der Waals surface area contributed by atoms with Crippen LogP contribution < -0.4 is 0 Å². The average Bonchev–Trinajstić information content (AvgIpc) is 2.72. The van der Waals surface area contributed by atoms with Crippen molar-refractivity contribution in [2.75, 3.05) is 0 Å². The van der Waals surface area contributed by atoms with E-state index in [-0.39, 0.29) is 0 Å². The Bertz CT molecular complexity index is 180. The van der Waals surface area contributed by atoms with Gasteiger partial charge in [0.2, 0.25) is 0 Å². The van der Waals surface area contributed by atoms with Crippen molar-refractivity contribution >= 4 is 0 Å². The van der Waals surface area contributed by atoms with Crippen molar-refractivity contribution in [2.24, 2.45) is 16.2 Å². The lowest BCUT2D eigenvalue weighted by molar-refractivity contribution is 0.196. The summed E-state index contributed by atoms with van der Waals surface area (Å²) in [6, 6.07) is 0. The zero-order chi connectivity index (χ0) is 8.33. The van der Waals surface area contributed by atoms with Crippen LogP contribution >= 0.6 is 0 Å². The molecule has 2 aliphatic rings. The second-order valence-electron chi connectivity index (χ2n) is 5.26. The van der Waals surface area contributed by atoms with E-state index in [9.17, 15) is 0 Å². The van der Waals surface area contributed by atoms with Gasteiger partial charge in [0, 0.05) is 0 Å². The highest BCUT2D eigenvalue weighted by atomic mass is 14.9. The van der Waals surface area contributed by atoms with Crippen LogP contribution in [0.25, 0.3) is 0 Å². The van der Waals surface area contributed by atoms with Gasteiger partial charge in [0.1, 0.15) is 0 Å². The Morgan fingerprint density at radius 1 is 1.18 bits per heavy atom. The van der Waals surface area contributed by atoms with Crippen molar-refractivity contribution in [2.45, 2.75) is 53.4 Å². The van der Waals surface area contributed by atoms with Gasteiger partial charge >= 0.3 is 0 Å². The van der Waals surface area contributed by atoms with Gasteiger partial charge < -0.3 is 0 Å². The van der Waals surface area contributed by atoms with Crippen LogP contribution in [0.3, 0.4) is 0 Å². The highest BCUT2D eigenvalue weighted by Crippen LogP contribution is 2.92. The minimum absolute atomic E-state index is 0.668. The third-order valence-electron chi connectivity index (χ3n) is 5.01. The second-order valence-corrected chi connectivity index (χ2v) is 5.26. The molecule has 2 aliphatic carbocycles. The molecule has 64 valence electrons. The van der Waals surface area contributed by atoms with Crippen molar-refractivity contribution in [1.29, 1.82) is 0 Å². The second kappa shape index (κ2) is 1.67. The lowest BCUT2D eigenvalue weighted by Crippen LogP contribution is -2.21. The molecule has 11 heavy (non-hydrogen) atoms. The monoisotopic (exact) mass is 152 g/mol. The van der Waals surface area contributed by atoms with E-state index < -0.39 is 0 Å². The minimum atomic E-state index is 0.668. The summed E-state index contributed by atoms with van der Waals surface area (Å²) in [4.78, 5) is 0. The van der Waals surface area contributed by atoms with E-state index in [4.69, 9.17) is 0 Å². The molecular weight excluding hydrogens is 132 g/mol. The zero-order valence-corrected chi connectivity index (χ0v) is 8.33. The Balaban J connectivity index is 2.15. The number of hydrogen-bond donors (Lipinski definition) is 0. The molecule has 0 bridgehead atoms. The molecule has 0 atom stereocenters. The van der Waals surface area contributed by atoms with E-state index >= 15 is 0 Å². The molecule has 0 radical (unpaired) electrons.